The maximum atomic E-state index is 3.22. The Morgan fingerprint density at radius 3 is 0.667 bits per heavy atom. The summed E-state index contributed by atoms with van der Waals surface area (Å²) in [7, 11) is 0. The quantitative estimate of drug-likeness (QED) is 0.198. The maximum absolute atomic E-state index is 3.22. The first-order chi connectivity index (χ1) is 3.00. The molecule has 0 aliphatic carbocycles. The van der Waals surface area contributed by atoms with Gasteiger partial charge in [0.05, 0.1) is 0 Å². The van der Waals surface area contributed by atoms with Crippen LogP contribution in [0.25, 0.3) is 0 Å². The molecule has 9 heteroatoms. The van der Waals surface area contributed by atoms with Gasteiger partial charge in [0.2, 0.25) is 0 Å². The summed E-state index contributed by atoms with van der Waals surface area (Å²) >= 11 is 17.4. The first kappa shape index (κ1) is 38.1. The van der Waals surface area contributed by atoms with Crippen molar-refractivity contribution in [1.82, 2.24) is 0 Å². The molecule has 72 valence electrons. The third-order valence-electron chi connectivity index (χ3n) is 0. The van der Waals surface area contributed by atoms with Gasteiger partial charge in [-0.05, 0) is 0 Å². The molecule has 0 N–H and O–H groups in total. The van der Waals surface area contributed by atoms with Crippen molar-refractivity contribution in [1.29, 1.82) is 0 Å². The Morgan fingerprint density at radius 1 is 0.667 bits per heavy atom. The van der Waals surface area contributed by atoms with Crippen LogP contribution in [0.5, 0.6) is 0 Å². The van der Waals surface area contributed by atoms with Crippen molar-refractivity contribution in [3.8, 4) is 0 Å². The predicted molar refractivity (Wildman–Crippen MR) is 50.2 cm³/mol. The third kappa shape index (κ3) is 73.6. The van der Waals surface area contributed by atoms with Crippen LogP contribution in [0.3, 0.4) is 0 Å². The van der Waals surface area contributed by atoms with Gasteiger partial charge in [-0.2, -0.15) is 0 Å². The minimum atomic E-state index is 0. The summed E-state index contributed by atoms with van der Waals surface area (Å²) < 4.78 is 0. The van der Waals surface area contributed by atoms with Gasteiger partial charge in [-0.25, -0.2) is 0 Å². The summed E-state index contributed by atoms with van der Waals surface area (Å²) in [6, 6.07) is 0. The molecular weight excluding hydrogens is 510 g/mol. The summed E-state index contributed by atoms with van der Waals surface area (Å²) in [5.74, 6) is 0. The van der Waals surface area contributed by atoms with Gasteiger partial charge < -0.3 is 0 Å². The van der Waals surface area contributed by atoms with Crippen molar-refractivity contribution < 1.29 is 53.4 Å². The van der Waals surface area contributed by atoms with Gasteiger partial charge in [0.25, 0.3) is 0 Å². The Balaban J connectivity index is -0.00000000321. The summed E-state index contributed by atoms with van der Waals surface area (Å²) in [5, 5.41) is 0. The van der Waals surface area contributed by atoms with E-state index in [2.05, 4.69) is 75.0 Å². The van der Waals surface area contributed by atoms with Crippen LogP contribution in [-0.4, -0.2) is 28.4 Å². The predicted octanol–water partition coefficient (Wildman–Crippen LogP) is 0.218. The van der Waals surface area contributed by atoms with Crippen LogP contribution in [-0.2, 0) is 53.4 Å². The van der Waals surface area contributed by atoms with E-state index in [9.17, 15) is 0 Å². The van der Waals surface area contributed by atoms with Crippen LogP contribution < -0.4 is 0 Å². The van der Waals surface area contributed by atoms with E-state index in [-0.39, 0.29) is 53.4 Å². The van der Waals surface area contributed by atoms with E-state index in [0.29, 0.717) is 0 Å². The van der Waals surface area contributed by atoms with Crippen LogP contribution in [0.2, 0.25) is 0 Å². The van der Waals surface area contributed by atoms with Crippen molar-refractivity contribution >= 4 is 75.0 Å². The molecule has 0 radical (unpaired) electrons. The Labute approximate surface area is 126 Å². The first-order valence-corrected chi connectivity index (χ1v) is 9.00. The summed E-state index contributed by atoms with van der Waals surface area (Å²) in [6.45, 7) is 0. The van der Waals surface area contributed by atoms with Gasteiger partial charge in [0, 0.05) is 53.4 Å². The van der Waals surface area contributed by atoms with E-state index in [1.54, 1.807) is 0 Å². The molecule has 0 aliphatic rings. The normalized spacial score (nSPS) is 2.00. The molecule has 0 atom stereocenters. The molecule has 0 aromatic carbocycles. The molecule has 0 spiro atoms. The van der Waals surface area contributed by atoms with Crippen molar-refractivity contribution in [2.75, 3.05) is 0 Å². The van der Waals surface area contributed by atoms with Gasteiger partial charge in [-0.3, -0.25) is 0 Å². The Hall–Kier alpha value is 4.09. The van der Waals surface area contributed by atoms with E-state index >= 15 is 0 Å². The number of rotatable bonds is 0. The zero-order valence-electron chi connectivity index (χ0n) is 3.63. The van der Waals surface area contributed by atoms with Crippen LogP contribution in [0, 0.1) is 0 Å². The molecule has 0 bridgehead atoms. The van der Waals surface area contributed by atoms with Crippen molar-refractivity contribution in [3.05, 3.63) is 0 Å². The zero-order chi connectivity index (χ0) is 6.00. The molecule has 0 nitrogen and oxygen atoms in total. The average Bonchev–Trinajstić information content (AvgIpc) is 1.81. The van der Waals surface area contributed by atoms with Gasteiger partial charge >= 0.3 is 28.4 Å². The fourth-order valence-corrected chi connectivity index (χ4v) is 0. The molecule has 0 amide bonds. The Morgan fingerprint density at radius 2 is 0.667 bits per heavy atom. The van der Waals surface area contributed by atoms with Crippen LogP contribution in [0.4, 0.5) is 0 Å². The SMILES string of the molecule is SS.SS.[Ni].[Ni].[Pd].[SeH][SeH]. The van der Waals surface area contributed by atoms with Crippen molar-refractivity contribution in [3.63, 3.8) is 0 Å². The molecule has 0 aliphatic heterocycles. The molecule has 9 heavy (non-hydrogen) atoms. The number of thiol groups is 4. The van der Waals surface area contributed by atoms with Crippen molar-refractivity contribution in [2.45, 2.75) is 0 Å². The van der Waals surface area contributed by atoms with Gasteiger partial charge in [0.15, 0.2) is 0 Å². The molecule has 0 aromatic heterocycles. The molecule has 0 saturated heterocycles. The second-order valence-electron chi connectivity index (χ2n) is 0. The fourth-order valence-electron chi connectivity index (χ4n) is 0. The van der Waals surface area contributed by atoms with E-state index in [1.807, 2.05) is 0 Å². The topological polar surface area (TPSA) is 0 Å². The summed E-state index contributed by atoms with van der Waals surface area (Å²) in [6.07, 6.45) is 0. The molecular formula is H6Ni2PdS4Se2. The van der Waals surface area contributed by atoms with Gasteiger partial charge in [0.1, 0.15) is 0 Å². The molecule has 0 aromatic rings. The van der Waals surface area contributed by atoms with E-state index in [4.69, 9.17) is 0 Å². The first-order valence-electron chi connectivity index (χ1n) is 0.600. The summed E-state index contributed by atoms with van der Waals surface area (Å²) in [4.78, 5) is 0. The second-order valence-corrected chi connectivity index (χ2v) is 0. The molecule has 0 rings (SSSR count). The van der Waals surface area contributed by atoms with E-state index in [0.717, 1.165) is 0 Å². The van der Waals surface area contributed by atoms with Crippen LogP contribution >= 0.6 is 46.6 Å². The Kier molecular flexibility index (Phi) is 376. The van der Waals surface area contributed by atoms with E-state index in [1.165, 1.54) is 0 Å². The zero-order valence-corrected chi connectivity index (χ0v) is 14.5. The second kappa shape index (κ2) is 88.9. The Bertz CT molecular complexity index is 16.5. The molecule has 0 fully saturated rings. The summed E-state index contributed by atoms with van der Waals surface area (Å²) in [5.41, 5.74) is 0. The molecule has 0 saturated carbocycles. The minimum absolute atomic E-state index is 0. The standard InChI is InChI=1S/2Ni.Pd.2H2S2.H2Se2/c;;;3*1-2/h;;;3*1-2H. The third-order valence-corrected chi connectivity index (χ3v) is 0. The number of hydrogen-bond donors (Lipinski definition) is 4. The van der Waals surface area contributed by atoms with Gasteiger partial charge in [-0.1, -0.05) is 0 Å². The fraction of sp³-hybridized carbons (Fsp3) is 0. The molecule has 0 heterocycles. The average molecular weight is 516 g/mol. The van der Waals surface area contributed by atoms with Crippen LogP contribution in [0.15, 0.2) is 0 Å². The monoisotopic (exact) mass is 516 g/mol. The molecule has 0 unspecified atom stereocenters. The van der Waals surface area contributed by atoms with Crippen LogP contribution in [0.1, 0.15) is 0 Å². The number of hydrogen-bond acceptors (Lipinski definition) is 4. The van der Waals surface area contributed by atoms with Gasteiger partial charge in [-0.15, -0.1) is 46.6 Å². The van der Waals surface area contributed by atoms with Crippen molar-refractivity contribution in [2.24, 2.45) is 0 Å². The van der Waals surface area contributed by atoms with E-state index < -0.39 is 0 Å².